The zero-order valence-electron chi connectivity index (χ0n) is 12.8. The first-order chi connectivity index (χ1) is 11.7. The molecule has 3 rings (SSSR count). The van der Waals surface area contributed by atoms with Gasteiger partial charge >= 0.3 is 0 Å². The van der Waals surface area contributed by atoms with Crippen LogP contribution in [0.15, 0.2) is 50.3 Å². The van der Waals surface area contributed by atoms with Crippen molar-refractivity contribution in [2.75, 3.05) is 5.43 Å². The van der Waals surface area contributed by atoms with Gasteiger partial charge in [0.15, 0.2) is 5.89 Å². The number of rotatable bonds is 5. The quantitative estimate of drug-likeness (QED) is 0.547. The van der Waals surface area contributed by atoms with Gasteiger partial charge in [-0.2, -0.15) is 10.4 Å². The van der Waals surface area contributed by atoms with E-state index >= 15 is 0 Å². The van der Waals surface area contributed by atoms with Crippen LogP contribution in [-0.2, 0) is 6.42 Å². The van der Waals surface area contributed by atoms with Gasteiger partial charge in [0, 0.05) is 17.0 Å². The largest absolute Gasteiger partial charge is 0.455 e. The van der Waals surface area contributed by atoms with E-state index < -0.39 is 0 Å². The van der Waals surface area contributed by atoms with Crippen molar-refractivity contribution in [3.8, 4) is 17.4 Å². The highest BCUT2D eigenvalue weighted by molar-refractivity contribution is 6.30. The van der Waals surface area contributed by atoms with Gasteiger partial charge in [-0.1, -0.05) is 30.7 Å². The number of nitriles is 1. The molecule has 0 fully saturated rings. The predicted octanol–water partition coefficient (Wildman–Crippen LogP) is 4.47. The molecule has 0 saturated carbocycles. The Morgan fingerprint density at radius 1 is 1.33 bits per heavy atom. The number of aromatic nitrogens is 1. The van der Waals surface area contributed by atoms with Crippen molar-refractivity contribution >= 4 is 23.7 Å². The number of anilines is 1. The van der Waals surface area contributed by atoms with Gasteiger partial charge in [0.05, 0.1) is 6.21 Å². The summed E-state index contributed by atoms with van der Waals surface area (Å²) in [5, 5.41) is 13.7. The van der Waals surface area contributed by atoms with Crippen molar-refractivity contribution in [2.45, 2.75) is 13.3 Å². The predicted molar refractivity (Wildman–Crippen MR) is 91.0 cm³/mol. The average molecular weight is 341 g/mol. The first kappa shape index (κ1) is 15.8. The van der Waals surface area contributed by atoms with Crippen molar-refractivity contribution in [2.24, 2.45) is 5.10 Å². The molecule has 0 atom stereocenters. The maximum Gasteiger partial charge on any atom is 0.252 e. The minimum Gasteiger partial charge on any atom is -0.455 e. The molecule has 3 aromatic rings. The van der Waals surface area contributed by atoms with Crippen molar-refractivity contribution in [3.63, 3.8) is 0 Å². The van der Waals surface area contributed by atoms with Gasteiger partial charge in [-0.15, -0.1) is 0 Å². The second-order valence-corrected chi connectivity index (χ2v) is 5.27. The Morgan fingerprint density at radius 3 is 2.96 bits per heavy atom. The Kier molecular flexibility index (Phi) is 4.64. The highest BCUT2D eigenvalue weighted by Crippen LogP contribution is 2.24. The molecule has 7 heteroatoms. The summed E-state index contributed by atoms with van der Waals surface area (Å²) in [6.45, 7) is 1.89. The second kappa shape index (κ2) is 7.02. The molecule has 1 N–H and O–H groups in total. The normalized spacial score (nSPS) is 10.9. The molecule has 120 valence electrons. The Labute approximate surface area is 143 Å². The van der Waals surface area contributed by atoms with Crippen LogP contribution in [0.1, 0.15) is 24.3 Å². The summed E-state index contributed by atoms with van der Waals surface area (Å²) in [5.74, 6) is 1.92. The van der Waals surface area contributed by atoms with E-state index in [1.165, 1.54) is 6.21 Å². The monoisotopic (exact) mass is 340 g/mol. The lowest BCUT2D eigenvalue weighted by atomic mass is 10.2. The minimum atomic E-state index is 0.170. The van der Waals surface area contributed by atoms with E-state index in [1.807, 2.05) is 37.3 Å². The average Bonchev–Trinajstić information content (AvgIpc) is 3.21. The maximum absolute atomic E-state index is 9.00. The Hall–Kier alpha value is -3.04. The molecule has 0 aliphatic heterocycles. The molecule has 0 saturated heterocycles. The van der Waals surface area contributed by atoms with E-state index in [1.54, 1.807) is 12.1 Å². The molecule has 0 aliphatic rings. The molecule has 0 aliphatic carbocycles. The van der Waals surface area contributed by atoms with Gasteiger partial charge in [-0.3, -0.25) is 0 Å². The number of furan rings is 1. The van der Waals surface area contributed by atoms with Crippen LogP contribution in [-0.4, -0.2) is 11.2 Å². The molecular weight excluding hydrogens is 328 g/mol. The van der Waals surface area contributed by atoms with E-state index in [0.29, 0.717) is 28.9 Å². The summed E-state index contributed by atoms with van der Waals surface area (Å²) in [7, 11) is 0. The fourth-order valence-electron chi connectivity index (χ4n) is 2.04. The van der Waals surface area contributed by atoms with Crippen LogP contribution in [0, 0.1) is 11.3 Å². The zero-order valence-corrected chi connectivity index (χ0v) is 13.5. The molecule has 24 heavy (non-hydrogen) atoms. The molecular formula is C17H13ClN4O2. The molecule has 0 spiro atoms. The third-order valence-corrected chi connectivity index (χ3v) is 3.41. The summed E-state index contributed by atoms with van der Waals surface area (Å²) in [6.07, 6.45) is 2.09. The summed E-state index contributed by atoms with van der Waals surface area (Å²) >= 11 is 5.97. The minimum absolute atomic E-state index is 0.170. The Morgan fingerprint density at radius 2 is 2.21 bits per heavy atom. The summed E-state index contributed by atoms with van der Waals surface area (Å²) in [6, 6.07) is 12.9. The zero-order chi connectivity index (χ0) is 16.9. The number of hydrazone groups is 1. The number of aryl methyl sites for hydroxylation is 1. The van der Waals surface area contributed by atoms with Crippen molar-refractivity contribution in [1.82, 2.24) is 4.98 Å². The van der Waals surface area contributed by atoms with Crippen molar-refractivity contribution in [3.05, 3.63) is 58.8 Å². The number of hydrogen-bond acceptors (Lipinski definition) is 6. The topological polar surface area (TPSA) is 87.4 Å². The number of halogens is 1. The number of benzene rings is 1. The SMILES string of the molecule is CCc1nc(C#N)c(NN=Cc2ccc(-c3cccc(Cl)c3)o2)o1. The smallest absolute Gasteiger partial charge is 0.252 e. The number of nitrogens with zero attached hydrogens (tertiary/aromatic N) is 3. The van der Waals surface area contributed by atoms with Gasteiger partial charge < -0.3 is 8.83 Å². The van der Waals surface area contributed by atoms with E-state index in [2.05, 4.69) is 15.5 Å². The van der Waals surface area contributed by atoms with Gasteiger partial charge in [-0.25, -0.2) is 10.4 Å². The summed E-state index contributed by atoms with van der Waals surface area (Å²) in [4.78, 5) is 4.02. The molecule has 0 radical (unpaired) electrons. The van der Waals surface area contributed by atoms with Gasteiger partial charge in [0.25, 0.3) is 5.88 Å². The molecule has 0 unspecified atom stereocenters. The summed E-state index contributed by atoms with van der Waals surface area (Å²) in [5.41, 5.74) is 3.71. The number of nitrogens with one attached hydrogen (secondary N) is 1. The lowest BCUT2D eigenvalue weighted by Gasteiger charge is -1.97. The first-order valence-electron chi connectivity index (χ1n) is 7.24. The van der Waals surface area contributed by atoms with Crippen LogP contribution in [0.25, 0.3) is 11.3 Å². The van der Waals surface area contributed by atoms with Crippen LogP contribution in [0.2, 0.25) is 5.02 Å². The van der Waals surface area contributed by atoms with Crippen molar-refractivity contribution < 1.29 is 8.83 Å². The highest BCUT2D eigenvalue weighted by Gasteiger charge is 2.10. The van der Waals surface area contributed by atoms with E-state index in [-0.39, 0.29) is 11.6 Å². The second-order valence-electron chi connectivity index (χ2n) is 4.83. The van der Waals surface area contributed by atoms with Gasteiger partial charge in [0.1, 0.15) is 17.6 Å². The van der Waals surface area contributed by atoms with Gasteiger partial charge in [-0.05, 0) is 24.3 Å². The molecule has 1 aromatic carbocycles. The van der Waals surface area contributed by atoms with Crippen LogP contribution >= 0.6 is 11.6 Å². The highest BCUT2D eigenvalue weighted by atomic mass is 35.5. The summed E-state index contributed by atoms with van der Waals surface area (Å²) < 4.78 is 11.1. The van der Waals surface area contributed by atoms with E-state index in [0.717, 1.165) is 5.56 Å². The standard InChI is InChI=1S/C17H13ClN4O2/c1-2-16-21-14(9-19)17(24-16)22-20-10-13-6-7-15(23-13)11-4-3-5-12(18)8-11/h3-8,10,22H,2H2,1H3. The lowest BCUT2D eigenvalue weighted by Crippen LogP contribution is -1.90. The van der Waals surface area contributed by atoms with Crippen LogP contribution in [0.3, 0.4) is 0 Å². The van der Waals surface area contributed by atoms with Crippen molar-refractivity contribution in [1.29, 1.82) is 5.26 Å². The molecule has 2 heterocycles. The first-order valence-corrected chi connectivity index (χ1v) is 7.62. The van der Waals surface area contributed by atoms with Crippen LogP contribution < -0.4 is 5.43 Å². The van der Waals surface area contributed by atoms with E-state index in [4.69, 9.17) is 25.7 Å². The molecule has 0 amide bonds. The number of oxazole rings is 1. The fraction of sp³-hybridized carbons (Fsp3) is 0.118. The molecule has 2 aromatic heterocycles. The maximum atomic E-state index is 9.00. The van der Waals surface area contributed by atoms with Gasteiger partial charge in [0.2, 0.25) is 5.69 Å². The number of hydrogen-bond donors (Lipinski definition) is 1. The Balaban J connectivity index is 1.72. The molecule has 0 bridgehead atoms. The fourth-order valence-corrected chi connectivity index (χ4v) is 2.23. The van der Waals surface area contributed by atoms with Crippen LogP contribution in [0.4, 0.5) is 5.88 Å². The Bertz CT molecular complexity index is 921. The third kappa shape index (κ3) is 3.47. The third-order valence-electron chi connectivity index (χ3n) is 3.17. The lowest BCUT2D eigenvalue weighted by molar-refractivity contribution is 0.513. The van der Waals surface area contributed by atoms with Crippen LogP contribution in [0.5, 0.6) is 0 Å². The molecule has 6 nitrogen and oxygen atoms in total. The van der Waals surface area contributed by atoms with E-state index in [9.17, 15) is 0 Å².